The molecule has 0 radical (unpaired) electrons. The van der Waals surface area contributed by atoms with Crippen molar-refractivity contribution in [1.29, 1.82) is 0 Å². The van der Waals surface area contributed by atoms with Crippen molar-refractivity contribution in [3.8, 4) is 17.1 Å². The molecule has 0 fully saturated rings. The molecule has 9 heteroatoms. The summed E-state index contributed by atoms with van der Waals surface area (Å²) in [4.78, 5) is 22.0. The third-order valence-electron chi connectivity index (χ3n) is 6.95. The van der Waals surface area contributed by atoms with Crippen LogP contribution in [-0.2, 0) is 15.4 Å². The van der Waals surface area contributed by atoms with E-state index in [0.717, 1.165) is 22.3 Å². The number of aromatic nitrogens is 2. The van der Waals surface area contributed by atoms with Crippen LogP contribution >= 0.6 is 0 Å². The highest BCUT2D eigenvalue weighted by molar-refractivity contribution is 7.92. The van der Waals surface area contributed by atoms with Gasteiger partial charge in [0.15, 0.2) is 0 Å². The first-order chi connectivity index (χ1) is 18.9. The second kappa shape index (κ2) is 10.4. The SMILES string of the molecule is Cc1cccc(C)c1-c1cc2nc(n1)NS(=O)(=O)c1ccccc1C(=O)NCC(c1ccc(C(C)(C)C)cc1)O2. The molecule has 3 aromatic carbocycles. The van der Waals surface area contributed by atoms with Crippen molar-refractivity contribution in [3.05, 3.63) is 101 Å². The Labute approximate surface area is 234 Å². The number of benzene rings is 3. The lowest BCUT2D eigenvalue weighted by molar-refractivity contribution is 0.0922. The van der Waals surface area contributed by atoms with E-state index >= 15 is 0 Å². The van der Waals surface area contributed by atoms with Crippen LogP contribution in [0, 0.1) is 13.8 Å². The molecule has 2 bridgehead atoms. The van der Waals surface area contributed by atoms with Gasteiger partial charge in [-0.2, -0.15) is 4.98 Å². The number of fused-ring (bicyclic) bond motifs is 3. The third kappa shape index (κ3) is 5.56. The zero-order valence-electron chi connectivity index (χ0n) is 23.1. The minimum atomic E-state index is -4.20. The number of rotatable bonds is 2. The van der Waals surface area contributed by atoms with Crippen molar-refractivity contribution < 1.29 is 17.9 Å². The van der Waals surface area contributed by atoms with E-state index in [1.54, 1.807) is 18.2 Å². The van der Waals surface area contributed by atoms with E-state index in [2.05, 4.69) is 40.8 Å². The normalized spacial score (nSPS) is 16.8. The highest BCUT2D eigenvalue weighted by Crippen LogP contribution is 2.32. The van der Waals surface area contributed by atoms with Crippen molar-refractivity contribution in [2.45, 2.75) is 51.0 Å². The molecule has 1 atom stereocenters. The lowest BCUT2D eigenvalue weighted by Gasteiger charge is -2.24. The molecule has 1 amide bonds. The van der Waals surface area contributed by atoms with Crippen LogP contribution < -0.4 is 14.8 Å². The number of anilines is 1. The average molecular weight is 557 g/mol. The number of hydrogen-bond donors (Lipinski definition) is 2. The fraction of sp³-hybridized carbons (Fsp3) is 0.258. The number of carbonyl (C=O) groups is 1. The maximum absolute atomic E-state index is 13.4. The van der Waals surface area contributed by atoms with Gasteiger partial charge in [-0.25, -0.2) is 18.1 Å². The third-order valence-corrected chi connectivity index (χ3v) is 8.33. The summed E-state index contributed by atoms with van der Waals surface area (Å²) in [5.74, 6) is -0.492. The number of ether oxygens (including phenoxy) is 1. The van der Waals surface area contributed by atoms with Crippen LogP contribution in [0.5, 0.6) is 5.88 Å². The molecule has 2 heterocycles. The average Bonchev–Trinajstić information content (AvgIpc) is 2.89. The van der Waals surface area contributed by atoms with Crippen LogP contribution in [0.4, 0.5) is 5.95 Å². The van der Waals surface area contributed by atoms with E-state index in [-0.39, 0.29) is 34.2 Å². The van der Waals surface area contributed by atoms with Crippen LogP contribution in [0.2, 0.25) is 0 Å². The second-order valence-corrected chi connectivity index (χ2v) is 12.6. The predicted octanol–water partition coefficient (Wildman–Crippen LogP) is 5.72. The molecule has 5 rings (SSSR count). The summed E-state index contributed by atoms with van der Waals surface area (Å²) in [6, 6.07) is 21.7. The molecule has 0 saturated carbocycles. The molecule has 0 aliphatic carbocycles. The van der Waals surface area contributed by atoms with Crippen molar-refractivity contribution in [1.82, 2.24) is 15.3 Å². The summed E-state index contributed by atoms with van der Waals surface area (Å²) in [5.41, 5.74) is 5.34. The molecule has 8 nitrogen and oxygen atoms in total. The van der Waals surface area contributed by atoms with Crippen molar-refractivity contribution in [2.24, 2.45) is 0 Å². The number of sulfonamides is 1. The largest absolute Gasteiger partial charge is 0.467 e. The summed E-state index contributed by atoms with van der Waals surface area (Å²) in [5, 5.41) is 2.86. The van der Waals surface area contributed by atoms with Gasteiger partial charge in [0.25, 0.3) is 15.9 Å². The van der Waals surface area contributed by atoms with E-state index in [1.807, 2.05) is 56.3 Å². The molecule has 0 spiro atoms. The predicted molar refractivity (Wildman–Crippen MR) is 155 cm³/mol. The highest BCUT2D eigenvalue weighted by Gasteiger charge is 2.27. The number of hydrogen-bond acceptors (Lipinski definition) is 6. The summed E-state index contributed by atoms with van der Waals surface area (Å²) in [6.45, 7) is 10.5. The van der Waals surface area contributed by atoms with Gasteiger partial charge in [-0.3, -0.25) is 4.79 Å². The molecule has 4 aromatic rings. The maximum Gasteiger partial charge on any atom is 0.265 e. The lowest BCUT2D eigenvalue weighted by atomic mass is 9.86. The van der Waals surface area contributed by atoms with Crippen LogP contribution in [0.1, 0.15) is 59.5 Å². The Balaban J connectivity index is 1.67. The standard InChI is InChI=1S/C31H32N4O4S/c1-19-9-8-10-20(2)28(19)24-17-27-34-30(33-24)35-40(37,38)26-12-7-6-11-23(26)29(36)32-18-25(39-27)21-13-15-22(16-14-21)31(3,4)5/h6-17,25H,18H2,1-5H3,(H,32,36)(H,33,34,35). The Kier molecular flexibility index (Phi) is 7.10. The first kappa shape index (κ1) is 27.3. The van der Waals surface area contributed by atoms with Gasteiger partial charge in [0.1, 0.15) is 11.0 Å². The Morgan fingerprint density at radius 3 is 2.25 bits per heavy atom. The van der Waals surface area contributed by atoms with Crippen molar-refractivity contribution in [3.63, 3.8) is 0 Å². The number of amides is 1. The van der Waals surface area contributed by atoms with Crippen LogP contribution in [0.15, 0.2) is 77.7 Å². The van der Waals surface area contributed by atoms with E-state index in [9.17, 15) is 13.2 Å². The zero-order chi connectivity index (χ0) is 28.7. The second-order valence-electron chi connectivity index (χ2n) is 11.0. The van der Waals surface area contributed by atoms with Gasteiger partial charge in [-0.1, -0.05) is 75.4 Å². The Bertz CT molecular complexity index is 1670. The lowest BCUT2D eigenvalue weighted by Crippen LogP contribution is -2.33. The quantitative estimate of drug-likeness (QED) is 0.327. The van der Waals surface area contributed by atoms with Crippen molar-refractivity contribution in [2.75, 3.05) is 11.3 Å². The summed E-state index contributed by atoms with van der Waals surface area (Å²) < 4.78 is 35.7. The molecule has 206 valence electrons. The number of aryl methyl sites for hydroxylation is 2. The van der Waals surface area contributed by atoms with Crippen LogP contribution in [0.3, 0.4) is 0 Å². The zero-order valence-corrected chi connectivity index (χ0v) is 24.0. The Hall–Kier alpha value is -4.24. The topological polar surface area (TPSA) is 110 Å². The molecule has 1 aliphatic rings. The van der Waals surface area contributed by atoms with Gasteiger partial charge in [-0.15, -0.1) is 0 Å². The first-order valence-electron chi connectivity index (χ1n) is 13.1. The van der Waals surface area contributed by atoms with Crippen molar-refractivity contribution >= 4 is 21.9 Å². The van der Waals surface area contributed by atoms with Gasteiger partial charge >= 0.3 is 0 Å². The number of nitrogens with zero attached hydrogens (tertiary/aromatic N) is 2. The summed E-state index contributed by atoms with van der Waals surface area (Å²) in [6.07, 6.45) is -0.602. The van der Waals surface area contributed by atoms with E-state index < -0.39 is 22.0 Å². The molecular formula is C31H32N4O4S. The fourth-order valence-electron chi connectivity index (χ4n) is 4.79. The smallest absolute Gasteiger partial charge is 0.265 e. The van der Waals surface area contributed by atoms with Gasteiger partial charge in [0.05, 0.1) is 17.8 Å². The molecule has 1 unspecified atom stereocenters. The molecule has 0 saturated heterocycles. The Morgan fingerprint density at radius 1 is 0.900 bits per heavy atom. The molecule has 1 aliphatic heterocycles. The molecule has 1 aromatic heterocycles. The molecule has 40 heavy (non-hydrogen) atoms. The fourth-order valence-corrected chi connectivity index (χ4v) is 5.94. The monoisotopic (exact) mass is 556 g/mol. The van der Waals surface area contributed by atoms with Gasteiger partial charge in [-0.05, 0) is 53.6 Å². The minimum Gasteiger partial charge on any atom is -0.467 e. The maximum atomic E-state index is 13.4. The van der Waals surface area contributed by atoms with E-state index in [0.29, 0.717) is 5.69 Å². The number of carbonyl (C=O) groups excluding carboxylic acids is 1. The number of nitrogens with one attached hydrogen (secondary N) is 2. The van der Waals surface area contributed by atoms with Gasteiger partial charge in [0.2, 0.25) is 11.8 Å². The first-order valence-corrected chi connectivity index (χ1v) is 14.5. The molecule has 2 N–H and O–H groups in total. The Morgan fingerprint density at radius 2 is 1.57 bits per heavy atom. The highest BCUT2D eigenvalue weighted by atomic mass is 32.2. The summed E-state index contributed by atoms with van der Waals surface area (Å²) >= 11 is 0. The van der Waals surface area contributed by atoms with Crippen LogP contribution in [-0.4, -0.2) is 30.8 Å². The molecular weight excluding hydrogens is 524 g/mol. The minimum absolute atomic E-state index is 0.0172. The summed E-state index contributed by atoms with van der Waals surface area (Å²) in [7, 11) is -4.20. The van der Waals surface area contributed by atoms with Gasteiger partial charge < -0.3 is 10.1 Å². The van der Waals surface area contributed by atoms with Gasteiger partial charge in [0, 0.05) is 11.6 Å². The van der Waals surface area contributed by atoms with Crippen LogP contribution in [0.25, 0.3) is 11.3 Å². The van der Waals surface area contributed by atoms with E-state index in [4.69, 9.17) is 4.74 Å². The van der Waals surface area contributed by atoms with E-state index in [1.165, 1.54) is 17.7 Å².